The van der Waals surface area contributed by atoms with Gasteiger partial charge in [-0.05, 0) is 37.7 Å². The minimum Gasteiger partial charge on any atom is -0.306 e. The van der Waals surface area contributed by atoms with Gasteiger partial charge < -0.3 is 5.32 Å². The zero-order chi connectivity index (χ0) is 17.4. The van der Waals surface area contributed by atoms with Crippen molar-refractivity contribution in [2.75, 3.05) is 7.05 Å². The van der Waals surface area contributed by atoms with Crippen LogP contribution in [0.15, 0.2) is 30.3 Å². The zero-order valence-electron chi connectivity index (χ0n) is 12.5. The van der Waals surface area contributed by atoms with Crippen LogP contribution in [0.3, 0.4) is 0 Å². The van der Waals surface area contributed by atoms with E-state index in [2.05, 4.69) is 10.4 Å². The predicted molar refractivity (Wildman–Crippen MR) is 78.4 cm³/mol. The molecule has 0 amide bonds. The maximum absolute atomic E-state index is 12.8. The minimum atomic E-state index is -4.58. The van der Waals surface area contributed by atoms with Crippen molar-refractivity contribution in [1.29, 1.82) is 0 Å². The number of rotatable bonds is 3. The van der Waals surface area contributed by atoms with Gasteiger partial charge in [0.2, 0.25) is 0 Å². The fourth-order valence-corrected chi connectivity index (χ4v) is 2.20. The van der Waals surface area contributed by atoms with Crippen LogP contribution < -0.4 is 5.32 Å². The van der Waals surface area contributed by atoms with Crippen molar-refractivity contribution >= 4 is 12.4 Å². The van der Waals surface area contributed by atoms with E-state index >= 15 is 0 Å². The topological polar surface area (TPSA) is 29.9 Å². The number of alkyl halides is 6. The molecule has 0 unspecified atom stereocenters. The summed E-state index contributed by atoms with van der Waals surface area (Å²) in [6.07, 6.45) is -9.05. The van der Waals surface area contributed by atoms with Crippen LogP contribution in [0.2, 0.25) is 0 Å². The van der Waals surface area contributed by atoms with E-state index in [0.717, 1.165) is 10.7 Å². The first-order valence-corrected chi connectivity index (χ1v) is 6.52. The summed E-state index contributed by atoms with van der Waals surface area (Å²) in [4.78, 5) is 0. The van der Waals surface area contributed by atoms with Gasteiger partial charge in [-0.15, -0.1) is 12.4 Å². The molecule has 2 aromatic rings. The molecule has 10 heteroatoms. The summed E-state index contributed by atoms with van der Waals surface area (Å²) in [5.41, 5.74) is -0.614. The van der Waals surface area contributed by atoms with E-state index in [-0.39, 0.29) is 29.4 Å². The molecule has 1 heterocycles. The molecule has 0 bridgehead atoms. The third-order valence-electron chi connectivity index (χ3n) is 3.26. The van der Waals surface area contributed by atoms with E-state index in [4.69, 9.17) is 0 Å². The Kier molecular flexibility index (Phi) is 5.94. The summed E-state index contributed by atoms with van der Waals surface area (Å²) >= 11 is 0. The van der Waals surface area contributed by atoms with Crippen molar-refractivity contribution in [2.24, 2.45) is 0 Å². The maximum Gasteiger partial charge on any atom is 0.435 e. The van der Waals surface area contributed by atoms with Crippen LogP contribution in [0.25, 0.3) is 5.69 Å². The fourth-order valence-electron chi connectivity index (χ4n) is 2.20. The normalized spacial score (nSPS) is 13.5. The maximum atomic E-state index is 12.8. The first-order chi connectivity index (χ1) is 10.5. The van der Waals surface area contributed by atoms with Gasteiger partial charge in [0.25, 0.3) is 0 Å². The highest BCUT2D eigenvalue weighted by atomic mass is 35.5. The summed E-state index contributed by atoms with van der Waals surface area (Å²) < 4.78 is 77.4. The molecule has 0 fully saturated rings. The van der Waals surface area contributed by atoms with Gasteiger partial charge >= 0.3 is 12.4 Å². The average molecular weight is 374 g/mol. The molecule has 0 aliphatic heterocycles. The number of nitrogens with zero attached hydrogens (tertiary/aromatic N) is 2. The standard InChI is InChI=1S/C14H13F6N3.ClH/c1-8-7-11(13(15,16)17)22-23(8)10-5-3-9(4-6-10)12(21-2)14(18,19)20;/h3-7,12,21H,1-2H3;1H/t12-;/m1./s1. The third-order valence-corrected chi connectivity index (χ3v) is 3.26. The van der Waals surface area contributed by atoms with E-state index in [9.17, 15) is 26.3 Å². The van der Waals surface area contributed by atoms with E-state index in [1.54, 1.807) is 0 Å². The lowest BCUT2D eigenvalue weighted by Gasteiger charge is -2.20. The molecule has 1 aromatic carbocycles. The number of nitrogens with one attached hydrogen (secondary N) is 1. The second-order valence-corrected chi connectivity index (χ2v) is 4.94. The summed E-state index contributed by atoms with van der Waals surface area (Å²) in [5, 5.41) is 5.61. The third kappa shape index (κ3) is 4.21. The first-order valence-electron chi connectivity index (χ1n) is 6.52. The molecule has 0 spiro atoms. The van der Waals surface area contributed by atoms with E-state index < -0.39 is 24.1 Å². The lowest BCUT2D eigenvalue weighted by molar-refractivity contribution is -0.156. The Balaban J connectivity index is 0.00000288. The first kappa shape index (κ1) is 20.3. The molecule has 0 aliphatic carbocycles. The van der Waals surface area contributed by atoms with Crippen LogP contribution in [0.1, 0.15) is 23.0 Å². The van der Waals surface area contributed by atoms with E-state index in [1.807, 2.05) is 0 Å². The molecular formula is C14H14ClF6N3. The average Bonchev–Trinajstić information content (AvgIpc) is 2.81. The van der Waals surface area contributed by atoms with Gasteiger partial charge in [-0.2, -0.15) is 31.4 Å². The summed E-state index contributed by atoms with van der Waals surface area (Å²) in [7, 11) is 1.18. The Morgan fingerprint density at radius 2 is 1.58 bits per heavy atom. The number of hydrogen-bond donors (Lipinski definition) is 1. The lowest BCUT2D eigenvalue weighted by atomic mass is 10.1. The van der Waals surface area contributed by atoms with Crippen LogP contribution in [0, 0.1) is 6.92 Å². The van der Waals surface area contributed by atoms with Crippen LogP contribution >= 0.6 is 12.4 Å². The predicted octanol–water partition coefficient (Wildman–Crippen LogP) is 4.44. The van der Waals surface area contributed by atoms with Crippen molar-refractivity contribution in [3.63, 3.8) is 0 Å². The zero-order valence-corrected chi connectivity index (χ0v) is 13.4. The van der Waals surface area contributed by atoms with Gasteiger partial charge in [0.05, 0.1) is 5.69 Å². The molecule has 3 nitrogen and oxygen atoms in total. The van der Waals surface area contributed by atoms with Gasteiger partial charge in [0, 0.05) is 5.69 Å². The molecule has 1 atom stereocenters. The molecule has 1 N–H and O–H groups in total. The number of aryl methyl sites for hydroxylation is 1. The second-order valence-electron chi connectivity index (χ2n) is 4.94. The van der Waals surface area contributed by atoms with Crippen LogP contribution in [0.5, 0.6) is 0 Å². The SMILES string of the molecule is CN[C@H](c1ccc(-n2nc(C(F)(F)F)cc2C)cc1)C(F)(F)F.Cl. The van der Waals surface area contributed by atoms with Crippen molar-refractivity contribution in [3.05, 3.63) is 47.3 Å². The monoisotopic (exact) mass is 373 g/mol. The Hall–Kier alpha value is -1.74. The van der Waals surface area contributed by atoms with E-state index in [0.29, 0.717) is 0 Å². The molecule has 1 aromatic heterocycles. The number of halogens is 7. The van der Waals surface area contributed by atoms with Crippen molar-refractivity contribution in [2.45, 2.75) is 25.3 Å². The highest BCUT2D eigenvalue weighted by molar-refractivity contribution is 5.85. The Labute approximate surface area is 140 Å². The molecule has 0 saturated carbocycles. The minimum absolute atomic E-state index is 0. The lowest BCUT2D eigenvalue weighted by Crippen LogP contribution is -2.31. The van der Waals surface area contributed by atoms with Gasteiger partial charge in [-0.25, -0.2) is 4.68 Å². The summed E-state index contributed by atoms with van der Waals surface area (Å²) in [6, 6.07) is 4.04. The van der Waals surface area contributed by atoms with Crippen LogP contribution in [-0.2, 0) is 6.18 Å². The van der Waals surface area contributed by atoms with Crippen molar-refractivity contribution < 1.29 is 26.3 Å². The van der Waals surface area contributed by atoms with Gasteiger partial charge in [-0.3, -0.25) is 0 Å². The highest BCUT2D eigenvalue weighted by Gasteiger charge is 2.39. The molecule has 0 radical (unpaired) electrons. The Morgan fingerprint density at radius 3 is 1.96 bits per heavy atom. The van der Waals surface area contributed by atoms with Crippen molar-refractivity contribution in [3.8, 4) is 5.69 Å². The fraction of sp³-hybridized carbons (Fsp3) is 0.357. The van der Waals surface area contributed by atoms with Gasteiger partial charge in [-0.1, -0.05) is 12.1 Å². The Morgan fingerprint density at radius 1 is 1.04 bits per heavy atom. The molecule has 24 heavy (non-hydrogen) atoms. The van der Waals surface area contributed by atoms with Crippen molar-refractivity contribution in [1.82, 2.24) is 15.1 Å². The van der Waals surface area contributed by atoms with Gasteiger partial charge in [0.15, 0.2) is 5.69 Å². The van der Waals surface area contributed by atoms with Crippen LogP contribution in [0.4, 0.5) is 26.3 Å². The summed E-state index contributed by atoms with van der Waals surface area (Å²) in [6.45, 7) is 1.43. The smallest absolute Gasteiger partial charge is 0.306 e. The molecule has 0 saturated heterocycles. The quantitative estimate of drug-likeness (QED) is 0.806. The number of aromatic nitrogens is 2. The van der Waals surface area contributed by atoms with E-state index in [1.165, 1.54) is 38.2 Å². The number of benzene rings is 1. The second kappa shape index (κ2) is 7.02. The molecule has 0 aliphatic rings. The molecule has 134 valence electrons. The van der Waals surface area contributed by atoms with Gasteiger partial charge in [0.1, 0.15) is 6.04 Å². The molecule has 2 rings (SSSR count). The van der Waals surface area contributed by atoms with Crippen LogP contribution in [-0.4, -0.2) is 23.0 Å². The summed E-state index contributed by atoms with van der Waals surface area (Å²) in [5.74, 6) is 0. The largest absolute Gasteiger partial charge is 0.435 e. The Bertz CT molecular complexity index is 675. The number of hydrogen-bond acceptors (Lipinski definition) is 2. The molecular weight excluding hydrogens is 360 g/mol. The highest BCUT2D eigenvalue weighted by Crippen LogP contribution is 2.33.